The molecule has 1 aliphatic carbocycles. The molecule has 1 heterocycles. The van der Waals surface area contributed by atoms with Gasteiger partial charge in [0, 0.05) is 11.7 Å². The van der Waals surface area contributed by atoms with Gasteiger partial charge in [0.25, 0.3) is 5.91 Å². The van der Waals surface area contributed by atoms with Crippen LogP contribution in [0.3, 0.4) is 0 Å². The van der Waals surface area contributed by atoms with E-state index in [1.165, 1.54) is 0 Å². The van der Waals surface area contributed by atoms with Crippen LogP contribution in [0, 0.1) is 12.8 Å². The second-order valence-electron chi connectivity index (χ2n) is 6.93. The van der Waals surface area contributed by atoms with Gasteiger partial charge in [0.2, 0.25) is 0 Å². The first kappa shape index (κ1) is 18.2. The number of carbonyl (C=O) groups is 2. The number of hydrogen-bond donors (Lipinski definition) is 2. The predicted octanol–water partition coefficient (Wildman–Crippen LogP) is 3.33. The average Bonchev–Trinajstić information content (AvgIpc) is 2.99. The Bertz CT molecular complexity index is 770. The van der Waals surface area contributed by atoms with E-state index in [9.17, 15) is 14.7 Å². The SMILES string of the molecule is Cc1cc(C(=O)NC2CCCCCCC2C(=O)O)nn1-c1ccccc1. The van der Waals surface area contributed by atoms with Crippen LogP contribution in [0.4, 0.5) is 0 Å². The molecule has 1 aliphatic rings. The topological polar surface area (TPSA) is 84.2 Å². The number of para-hydroxylation sites is 1. The number of carboxylic acids is 1. The summed E-state index contributed by atoms with van der Waals surface area (Å²) in [6.45, 7) is 1.90. The first-order valence-electron chi connectivity index (χ1n) is 9.22. The van der Waals surface area contributed by atoms with E-state index < -0.39 is 11.9 Å². The molecule has 2 atom stereocenters. The van der Waals surface area contributed by atoms with E-state index in [-0.39, 0.29) is 11.9 Å². The van der Waals surface area contributed by atoms with E-state index in [4.69, 9.17) is 0 Å². The predicted molar refractivity (Wildman–Crippen MR) is 98.4 cm³/mol. The Hall–Kier alpha value is -2.63. The lowest BCUT2D eigenvalue weighted by molar-refractivity contribution is -0.143. The summed E-state index contributed by atoms with van der Waals surface area (Å²) >= 11 is 0. The highest BCUT2D eigenvalue weighted by Crippen LogP contribution is 2.23. The van der Waals surface area contributed by atoms with Gasteiger partial charge in [0.1, 0.15) is 0 Å². The fraction of sp³-hybridized carbons (Fsp3) is 0.450. The van der Waals surface area contributed by atoms with Gasteiger partial charge in [-0.3, -0.25) is 9.59 Å². The molecular formula is C20H25N3O3. The number of benzene rings is 1. The third kappa shape index (κ3) is 4.12. The van der Waals surface area contributed by atoms with Gasteiger partial charge in [-0.25, -0.2) is 4.68 Å². The summed E-state index contributed by atoms with van der Waals surface area (Å²) in [6, 6.07) is 11.0. The summed E-state index contributed by atoms with van der Waals surface area (Å²) in [6.07, 6.45) is 5.28. The van der Waals surface area contributed by atoms with Crippen molar-refractivity contribution >= 4 is 11.9 Å². The molecule has 2 unspecified atom stereocenters. The van der Waals surface area contributed by atoms with Crippen molar-refractivity contribution in [3.63, 3.8) is 0 Å². The molecule has 6 heteroatoms. The molecule has 138 valence electrons. The fourth-order valence-electron chi connectivity index (χ4n) is 3.61. The number of nitrogens with zero attached hydrogens (tertiary/aromatic N) is 2. The lowest BCUT2D eigenvalue weighted by Crippen LogP contribution is -2.44. The van der Waals surface area contributed by atoms with Crippen molar-refractivity contribution in [2.45, 2.75) is 51.5 Å². The molecule has 26 heavy (non-hydrogen) atoms. The van der Waals surface area contributed by atoms with Gasteiger partial charge in [0.15, 0.2) is 5.69 Å². The van der Waals surface area contributed by atoms with E-state index >= 15 is 0 Å². The monoisotopic (exact) mass is 355 g/mol. The van der Waals surface area contributed by atoms with Gasteiger partial charge in [-0.05, 0) is 38.0 Å². The lowest BCUT2D eigenvalue weighted by Gasteiger charge is -2.26. The number of carboxylic acid groups (broad SMARTS) is 1. The zero-order valence-corrected chi connectivity index (χ0v) is 15.0. The molecule has 0 bridgehead atoms. The largest absolute Gasteiger partial charge is 0.481 e. The van der Waals surface area contributed by atoms with Crippen molar-refractivity contribution in [2.75, 3.05) is 0 Å². The van der Waals surface area contributed by atoms with Gasteiger partial charge < -0.3 is 10.4 Å². The first-order chi connectivity index (χ1) is 12.6. The summed E-state index contributed by atoms with van der Waals surface area (Å²) in [5, 5.41) is 16.9. The summed E-state index contributed by atoms with van der Waals surface area (Å²) in [5.74, 6) is -1.67. The molecule has 1 fully saturated rings. The minimum Gasteiger partial charge on any atom is -0.481 e. The summed E-state index contributed by atoms with van der Waals surface area (Å²) in [7, 11) is 0. The Labute approximate surface area is 153 Å². The molecule has 3 rings (SSSR count). The van der Waals surface area contributed by atoms with Crippen molar-refractivity contribution in [3.8, 4) is 5.69 Å². The highest BCUT2D eigenvalue weighted by atomic mass is 16.4. The van der Waals surface area contributed by atoms with E-state index in [1.54, 1.807) is 10.7 Å². The van der Waals surface area contributed by atoms with Crippen LogP contribution in [0.25, 0.3) is 5.69 Å². The summed E-state index contributed by atoms with van der Waals surface area (Å²) in [5.41, 5.74) is 2.06. The van der Waals surface area contributed by atoms with Crippen molar-refractivity contribution < 1.29 is 14.7 Å². The number of rotatable bonds is 4. The van der Waals surface area contributed by atoms with Crippen LogP contribution < -0.4 is 5.32 Å². The average molecular weight is 355 g/mol. The van der Waals surface area contributed by atoms with Crippen LogP contribution >= 0.6 is 0 Å². The molecule has 2 N–H and O–H groups in total. The smallest absolute Gasteiger partial charge is 0.308 e. The quantitative estimate of drug-likeness (QED) is 0.881. The van der Waals surface area contributed by atoms with E-state index in [2.05, 4.69) is 10.4 Å². The van der Waals surface area contributed by atoms with Crippen LogP contribution in [0.5, 0.6) is 0 Å². The van der Waals surface area contributed by atoms with Crippen molar-refractivity contribution in [1.82, 2.24) is 15.1 Å². The van der Waals surface area contributed by atoms with Gasteiger partial charge in [-0.1, -0.05) is 43.9 Å². The molecule has 0 radical (unpaired) electrons. The van der Waals surface area contributed by atoms with Gasteiger partial charge in [0.05, 0.1) is 11.6 Å². The zero-order valence-electron chi connectivity index (χ0n) is 15.0. The Kier molecular flexibility index (Phi) is 5.71. The molecule has 1 aromatic carbocycles. The number of hydrogen-bond acceptors (Lipinski definition) is 3. The fourth-order valence-corrected chi connectivity index (χ4v) is 3.61. The standard InChI is InChI=1S/C20H25N3O3/c1-14-13-18(22-23(14)15-9-5-4-6-10-15)19(24)21-17-12-8-3-2-7-11-16(17)20(25)26/h4-6,9-10,13,16-17H,2-3,7-8,11-12H2,1H3,(H,21,24)(H,25,26). The molecule has 2 aromatic rings. The first-order valence-corrected chi connectivity index (χ1v) is 9.22. The number of aliphatic carboxylic acids is 1. The van der Waals surface area contributed by atoms with E-state index in [0.717, 1.165) is 37.1 Å². The Morgan fingerprint density at radius 1 is 1.12 bits per heavy atom. The van der Waals surface area contributed by atoms with E-state index in [1.807, 2.05) is 37.3 Å². The second-order valence-corrected chi connectivity index (χ2v) is 6.93. The molecule has 6 nitrogen and oxygen atoms in total. The van der Waals surface area contributed by atoms with Gasteiger partial charge in [-0.2, -0.15) is 5.10 Å². The van der Waals surface area contributed by atoms with Crippen LogP contribution in [0.2, 0.25) is 0 Å². The number of amides is 1. The van der Waals surface area contributed by atoms with Crippen molar-refractivity contribution in [2.24, 2.45) is 5.92 Å². The highest BCUT2D eigenvalue weighted by Gasteiger charge is 2.30. The maximum absolute atomic E-state index is 12.7. The number of aromatic nitrogens is 2. The Morgan fingerprint density at radius 2 is 1.81 bits per heavy atom. The van der Waals surface area contributed by atoms with Crippen molar-refractivity contribution in [3.05, 3.63) is 47.8 Å². The molecule has 1 amide bonds. The third-order valence-electron chi connectivity index (χ3n) is 5.02. The Morgan fingerprint density at radius 3 is 2.50 bits per heavy atom. The summed E-state index contributed by atoms with van der Waals surface area (Å²) in [4.78, 5) is 24.3. The van der Waals surface area contributed by atoms with Crippen molar-refractivity contribution in [1.29, 1.82) is 0 Å². The minimum absolute atomic E-state index is 0.306. The van der Waals surface area contributed by atoms with Crippen LogP contribution in [0.1, 0.15) is 54.7 Å². The maximum atomic E-state index is 12.7. The van der Waals surface area contributed by atoms with Crippen LogP contribution in [0.15, 0.2) is 36.4 Å². The number of nitrogens with one attached hydrogen (secondary N) is 1. The van der Waals surface area contributed by atoms with Crippen LogP contribution in [-0.2, 0) is 4.79 Å². The molecule has 1 saturated carbocycles. The number of carbonyl (C=O) groups excluding carboxylic acids is 1. The molecule has 1 aromatic heterocycles. The lowest BCUT2D eigenvalue weighted by atomic mass is 9.86. The third-order valence-corrected chi connectivity index (χ3v) is 5.02. The molecule has 0 saturated heterocycles. The highest BCUT2D eigenvalue weighted by molar-refractivity contribution is 5.93. The Balaban J connectivity index is 1.77. The van der Waals surface area contributed by atoms with Crippen LogP contribution in [-0.4, -0.2) is 32.8 Å². The molecule has 0 spiro atoms. The second kappa shape index (κ2) is 8.17. The molecular weight excluding hydrogens is 330 g/mol. The molecule has 0 aliphatic heterocycles. The number of aryl methyl sites for hydroxylation is 1. The van der Waals surface area contributed by atoms with Gasteiger partial charge in [-0.15, -0.1) is 0 Å². The summed E-state index contributed by atoms with van der Waals surface area (Å²) < 4.78 is 1.72. The minimum atomic E-state index is -0.830. The zero-order chi connectivity index (χ0) is 18.5. The van der Waals surface area contributed by atoms with E-state index in [0.29, 0.717) is 18.5 Å². The maximum Gasteiger partial charge on any atom is 0.308 e. The normalized spacial score (nSPS) is 20.8. The van der Waals surface area contributed by atoms with Gasteiger partial charge >= 0.3 is 5.97 Å².